The molecule has 2 atom stereocenters. The van der Waals surface area contributed by atoms with Gasteiger partial charge in [-0.2, -0.15) is 0 Å². The first kappa shape index (κ1) is 14.4. The Morgan fingerprint density at radius 1 is 1.50 bits per heavy atom. The maximum absolute atomic E-state index is 10.9. The van der Waals surface area contributed by atoms with Gasteiger partial charge in [0, 0.05) is 29.8 Å². The third kappa shape index (κ3) is 2.87. The van der Waals surface area contributed by atoms with Gasteiger partial charge in [-0.3, -0.25) is 0 Å². The number of halogens is 1. The summed E-state index contributed by atoms with van der Waals surface area (Å²) in [6.45, 7) is 4.70. The molecule has 2 N–H and O–H groups in total. The van der Waals surface area contributed by atoms with E-state index >= 15 is 0 Å². The van der Waals surface area contributed by atoms with Crippen molar-refractivity contribution < 1.29 is 9.84 Å². The van der Waals surface area contributed by atoms with Crippen molar-refractivity contribution >= 4 is 15.9 Å². The van der Waals surface area contributed by atoms with Gasteiger partial charge in [0.25, 0.3) is 0 Å². The van der Waals surface area contributed by atoms with E-state index in [0.717, 1.165) is 54.7 Å². The fraction of sp³-hybridized carbons (Fsp3) is 0.625. The third-order valence-corrected chi connectivity index (χ3v) is 5.01. The minimum absolute atomic E-state index is 0.312. The van der Waals surface area contributed by atoms with Crippen molar-refractivity contribution in [3.63, 3.8) is 0 Å². The van der Waals surface area contributed by atoms with Gasteiger partial charge in [0.05, 0.1) is 12.2 Å². The van der Waals surface area contributed by atoms with Crippen molar-refractivity contribution in [1.29, 1.82) is 0 Å². The standard InChI is InChI=1S/C16H22BrNO2/c1-16(19,13-3-2-5-18-10-13)9-12-8-14(17)7-11-4-6-20-15(11)12/h7-8,13,18-19H,2-6,9-10H2,1H3. The van der Waals surface area contributed by atoms with E-state index in [1.807, 2.05) is 6.92 Å². The monoisotopic (exact) mass is 339 g/mol. The molecule has 0 bridgehead atoms. The predicted molar refractivity (Wildman–Crippen MR) is 83.3 cm³/mol. The minimum Gasteiger partial charge on any atom is -0.493 e. The normalized spacial score (nSPS) is 24.9. The van der Waals surface area contributed by atoms with Crippen molar-refractivity contribution in [1.82, 2.24) is 5.32 Å². The zero-order valence-corrected chi connectivity index (χ0v) is 13.5. The SMILES string of the molecule is CC(O)(Cc1cc(Br)cc2c1OCC2)C1CCCNC1. The topological polar surface area (TPSA) is 41.5 Å². The molecular formula is C16H22BrNO2. The lowest BCUT2D eigenvalue weighted by molar-refractivity contribution is -0.0106. The first-order chi connectivity index (χ1) is 9.56. The number of fused-ring (bicyclic) bond motifs is 1. The number of piperidine rings is 1. The van der Waals surface area contributed by atoms with Crippen molar-refractivity contribution in [2.24, 2.45) is 5.92 Å². The number of ether oxygens (including phenoxy) is 1. The van der Waals surface area contributed by atoms with Crippen LogP contribution in [-0.4, -0.2) is 30.4 Å². The number of hydrogen-bond donors (Lipinski definition) is 2. The fourth-order valence-corrected chi connectivity index (χ4v) is 3.94. The third-order valence-electron chi connectivity index (χ3n) is 4.55. The van der Waals surface area contributed by atoms with Crippen molar-refractivity contribution in [2.45, 2.75) is 38.2 Å². The molecule has 0 aromatic heterocycles. The van der Waals surface area contributed by atoms with Crippen LogP contribution in [0.5, 0.6) is 5.75 Å². The molecule has 2 heterocycles. The molecule has 2 aliphatic rings. The summed E-state index contributed by atoms with van der Waals surface area (Å²) in [5.41, 5.74) is 1.70. The first-order valence-electron chi connectivity index (χ1n) is 7.43. The largest absolute Gasteiger partial charge is 0.493 e. The van der Waals surface area contributed by atoms with Crippen molar-refractivity contribution in [3.8, 4) is 5.75 Å². The van der Waals surface area contributed by atoms with Gasteiger partial charge in [0.2, 0.25) is 0 Å². The summed E-state index contributed by atoms with van der Waals surface area (Å²) in [5, 5.41) is 14.3. The highest BCUT2D eigenvalue weighted by Gasteiger charge is 2.34. The molecular weight excluding hydrogens is 318 g/mol. The molecule has 2 unspecified atom stereocenters. The minimum atomic E-state index is -0.687. The molecule has 110 valence electrons. The molecule has 4 heteroatoms. The van der Waals surface area contributed by atoms with E-state index in [2.05, 4.69) is 33.4 Å². The summed E-state index contributed by atoms with van der Waals surface area (Å²) in [6, 6.07) is 4.22. The summed E-state index contributed by atoms with van der Waals surface area (Å²) in [6.07, 6.45) is 3.86. The second kappa shape index (κ2) is 5.66. The van der Waals surface area contributed by atoms with Crippen molar-refractivity contribution in [3.05, 3.63) is 27.7 Å². The Morgan fingerprint density at radius 2 is 2.35 bits per heavy atom. The molecule has 1 saturated heterocycles. The second-order valence-corrected chi connectivity index (χ2v) is 7.14. The van der Waals surface area contributed by atoms with Crippen LogP contribution in [0, 0.1) is 5.92 Å². The van der Waals surface area contributed by atoms with Crippen LogP contribution in [0.1, 0.15) is 30.9 Å². The molecule has 3 rings (SSSR count). The van der Waals surface area contributed by atoms with Gasteiger partial charge in [0.15, 0.2) is 0 Å². The number of hydrogen-bond acceptors (Lipinski definition) is 3. The van der Waals surface area contributed by atoms with Crippen LogP contribution in [0.4, 0.5) is 0 Å². The average molecular weight is 340 g/mol. The molecule has 20 heavy (non-hydrogen) atoms. The van der Waals surface area contributed by atoms with Crippen LogP contribution < -0.4 is 10.1 Å². The molecule has 0 aliphatic carbocycles. The quantitative estimate of drug-likeness (QED) is 0.889. The van der Waals surface area contributed by atoms with E-state index in [4.69, 9.17) is 4.74 Å². The maximum Gasteiger partial charge on any atom is 0.125 e. The van der Waals surface area contributed by atoms with Crippen LogP contribution in [0.2, 0.25) is 0 Å². The van der Waals surface area contributed by atoms with Gasteiger partial charge < -0.3 is 15.2 Å². The lowest BCUT2D eigenvalue weighted by Gasteiger charge is -2.36. The van der Waals surface area contributed by atoms with Gasteiger partial charge >= 0.3 is 0 Å². The Kier molecular flexibility index (Phi) is 4.07. The number of aliphatic hydroxyl groups is 1. The molecule has 0 spiro atoms. The highest BCUT2D eigenvalue weighted by Crippen LogP contribution is 2.37. The Labute approximate surface area is 128 Å². The molecule has 2 aliphatic heterocycles. The highest BCUT2D eigenvalue weighted by molar-refractivity contribution is 9.10. The Morgan fingerprint density at radius 3 is 3.10 bits per heavy atom. The van der Waals surface area contributed by atoms with E-state index in [9.17, 15) is 5.11 Å². The maximum atomic E-state index is 10.9. The summed E-state index contributed by atoms with van der Waals surface area (Å²) in [5.74, 6) is 1.31. The highest BCUT2D eigenvalue weighted by atomic mass is 79.9. The van der Waals surface area contributed by atoms with Gasteiger partial charge in [-0.1, -0.05) is 15.9 Å². The molecule has 1 aromatic carbocycles. The van der Waals surface area contributed by atoms with Crippen LogP contribution in [0.25, 0.3) is 0 Å². The van der Waals surface area contributed by atoms with Gasteiger partial charge in [-0.25, -0.2) is 0 Å². The smallest absolute Gasteiger partial charge is 0.125 e. The van der Waals surface area contributed by atoms with E-state index in [1.165, 1.54) is 5.56 Å². The average Bonchev–Trinajstić information content (AvgIpc) is 2.87. The first-order valence-corrected chi connectivity index (χ1v) is 8.23. The molecule has 0 radical (unpaired) electrons. The van der Waals surface area contributed by atoms with Gasteiger partial charge in [0.1, 0.15) is 5.75 Å². The summed E-state index contributed by atoms with van der Waals surface area (Å²) in [4.78, 5) is 0. The van der Waals surface area contributed by atoms with Crippen molar-refractivity contribution in [2.75, 3.05) is 19.7 Å². The Bertz CT molecular complexity index is 495. The van der Waals surface area contributed by atoms with E-state index in [0.29, 0.717) is 12.3 Å². The zero-order valence-electron chi connectivity index (χ0n) is 11.9. The summed E-state index contributed by atoms with van der Waals surface area (Å²) < 4.78 is 6.85. The predicted octanol–water partition coefficient (Wildman–Crippen LogP) is 2.68. The van der Waals surface area contributed by atoms with Gasteiger partial charge in [-0.15, -0.1) is 0 Å². The second-order valence-electron chi connectivity index (χ2n) is 6.23. The lowest BCUT2D eigenvalue weighted by atomic mass is 9.79. The van der Waals surface area contributed by atoms with Crippen LogP contribution >= 0.6 is 15.9 Å². The summed E-state index contributed by atoms with van der Waals surface area (Å²) in [7, 11) is 0. The molecule has 3 nitrogen and oxygen atoms in total. The molecule has 1 fully saturated rings. The Balaban J connectivity index is 1.83. The molecule has 1 aromatic rings. The molecule has 0 amide bonds. The number of benzene rings is 1. The van der Waals surface area contributed by atoms with Crippen LogP contribution in [0.15, 0.2) is 16.6 Å². The Hall–Kier alpha value is -0.580. The van der Waals surface area contributed by atoms with E-state index < -0.39 is 5.60 Å². The van der Waals surface area contributed by atoms with Crippen LogP contribution in [-0.2, 0) is 12.8 Å². The molecule has 0 saturated carbocycles. The van der Waals surface area contributed by atoms with E-state index in [-0.39, 0.29) is 0 Å². The number of nitrogens with one attached hydrogen (secondary N) is 1. The van der Waals surface area contributed by atoms with Gasteiger partial charge in [-0.05, 0) is 49.6 Å². The fourth-order valence-electron chi connectivity index (χ4n) is 3.39. The zero-order chi connectivity index (χ0) is 14.2. The van der Waals surface area contributed by atoms with Crippen LogP contribution in [0.3, 0.4) is 0 Å². The summed E-state index contributed by atoms with van der Waals surface area (Å²) >= 11 is 3.57. The van der Waals surface area contributed by atoms with E-state index in [1.54, 1.807) is 0 Å². The lowest BCUT2D eigenvalue weighted by Crippen LogP contribution is -2.45. The number of rotatable bonds is 3.